The van der Waals surface area contributed by atoms with Crippen LogP contribution in [0.25, 0.3) is 11.0 Å². The molecule has 8 nitrogen and oxygen atoms in total. The second-order valence-corrected chi connectivity index (χ2v) is 9.36. The minimum atomic E-state index is -0.600. The van der Waals surface area contributed by atoms with Gasteiger partial charge in [-0.05, 0) is 63.6 Å². The van der Waals surface area contributed by atoms with Gasteiger partial charge in [-0.25, -0.2) is 4.98 Å². The molecule has 0 aliphatic carbocycles. The predicted octanol–water partition coefficient (Wildman–Crippen LogP) is 3.08. The number of nitrogens with two attached hydrogens (primary N) is 1. The zero-order chi connectivity index (χ0) is 24.6. The van der Waals surface area contributed by atoms with Gasteiger partial charge in [0.05, 0.1) is 29.2 Å². The molecule has 3 aromatic rings. The van der Waals surface area contributed by atoms with E-state index in [1.54, 1.807) is 24.3 Å². The Kier molecular flexibility index (Phi) is 8.65. The third-order valence-corrected chi connectivity index (χ3v) is 5.28. The lowest BCUT2D eigenvalue weighted by atomic mass is 9.97. The summed E-state index contributed by atoms with van der Waals surface area (Å²) in [6, 6.07) is 15.2. The Labute approximate surface area is 200 Å². The van der Waals surface area contributed by atoms with E-state index in [1.807, 2.05) is 45.3 Å². The zero-order valence-corrected chi connectivity index (χ0v) is 20.1. The van der Waals surface area contributed by atoms with Gasteiger partial charge < -0.3 is 25.1 Å². The van der Waals surface area contributed by atoms with Crippen LogP contribution in [0, 0.1) is 5.41 Å². The number of ether oxygens (including phenoxy) is 2. The van der Waals surface area contributed by atoms with Gasteiger partial charge in [0.1, 0.15) is 18.5 Å². The third-order valence-electron chi connectivity index (χ3n) is 5.28. The van der Waals surface area contributed by atoms with Gasteiger partial charge >= 0.3 is 5.97 Å². The number of carbonyl (C=O) groups is 2. The topological polar surface area (TPSA) is 108 Å². The summed E-state index contributed by atoms with van der Waals surface area (Å²) in [6.45, 7) is 7.78. The van der Waals surface area contributed by atoms with Crippen molar-refractivity contribution in [2.45, 2.75) is 46.3 Å². The van der Waals surface area contributed by atoms with Crippen molar-refractivity contribution in [3.63, 3.8) is 0 Å². The lowest BCUT2D eigenvalue weighted by Gasteiger charge is -2.24. The Morgan fingerprint density at radius 2 is 1.85 bits per heavy atom. The number of para-hydroxylation sites is 2. The summed E-state index contributed by atoms with van der Waals surface area (Å²) in [7, 11) is 0. The standard InChI is InChI=1S/C26H34N4O4/c1-26(2,3)25(32)34-21(17-33-20-11-9-19(10-12-20)15-24(27)31)16-28-13-6-14-30-18-29-22-7-4-5-8-23(22)30/h4-5,7-12,18,21,28H,6,13-17H2,1-3H3,(H2,27,31). The SMILES string of the molecule is CC(C)(C)C(=O)OC(CNCCCn1cnc2ccccc21)COc1ccc(CC(N)=O)cc1. The Hall–Kier alpha value is -3.39. The fraction of sp³-hybridized carbons (Fsp3) is 0.423. The minimum absolute atomic E-state index is 0.185. The number of carbonyl (C=O) groups excluding carboxylic acids is 2. The molecule has 1 amide bonds. The molecular weight excluding hydrogens is 432 g/mol. The van der Waals surface area contributed by atoms with Gasteiger partial charge in [0.2, 0.25) is 5.91 Å². The number of nitrogens with one attached hydrogen (secondary N) is 1. The summed E-state index contributed by atoms with van der Waals surface area (Å²) >= 11 is 0. The first-order valence-electron chi connectivity index (χ1n) is 11.5. The molecule has 1 atom stereocenters. The number of nitrogens with zero attached hydrogens (tertiary/aromatic N) is 2. The second-order valence-electron chi connectivity index (χ2n) is 9.36. The Bertz CT molecular complexity index is 1090. The van der Waals surface area contributed by atoms with E-state index in [-0.39, 0.29) is 24.9 Å². The summed E-state index contributed by atoms with van der Waals surface area (Å²) in [5.74, 6) is -0.0169. The number of aryl methyl sites for hydroxylation is 1. The van der Waals surface area contributed by atoms with Gasteiger partial charge in [0.15, 0.2) is 0 Å². The maximum absolute atomic E-state index is 12.4. The first-order chi connectivity index (χ1) is 16.2. The molecule has 0 fully saturated rings. The van der Waals surface area contributed by atoms with Crippen molar-refractivity contribution in [2.24, 2.45) is 11.1 Å². The van der Waals surface area contributed by atoms with Crippen LogP contribution in [0.3, 0.4) is 0 Å². The van der Waals surface area contributed by atoms with E-state index >= 15 is 0 Å². The fourth-order valence-corrected chi connectivity index (χ4v) is 3.38. The number of fused-ring (bicyclic) bond motifs is 1. The average molecular weight is 467 g/mol. The number of primary amides is 1. The second kappa shape index (κ2) is 11.7. The summed E-state index contributed by atoms with van der Waals surface area (Å²) in [5.41, 5.74) is 7.56. The molecule has 1 unspecified atom stereocenters. The number of hydrogen-bond donors (Lipinski definition) is 2. The molecule has 1 aromatic heterocycles. The lowest BCUT2D eigenvalue weighted by Crippen LogP contribution is -2.39. The predicted molar refractivity (Wildman–Crippen MR) is 131 cm³/mol. The van der Waals surface area contributed by atoms with Crippen LogP contribution in [0.4, 0.5) is 0 Å². The van der Waals surface area contributed by atoms with E-state index in [4.69, 9.17) is 15.2 Å². The zero-order valence-electron chi connectivity index (χ0n) is 20.1. The molecule has 0 saturated heterocycles. The third kappa shape index (κ3) is 7.59. The number of esters is 1. The van der Waals surface area contributed by atoms with Crippen molar-refractivity contribution < 1.29 is 19.1 Å². The molecule has 34 heavy (non-hydrogen) atoms. The average Bonchev–Trinajstić information content (AvgIpc) is 3.20. The van der Waals surface area contributed by atoms with Crippen molar-refractivity contribution in [2.75, 3.05) is 19.7 Å². The summed E-state index contributed by atoms with van der Waals surface area (Å²) < 4.78 is 13.7. The summed E-state index contributed by atoms with van der Waals surface area (Å²) in [4.78, 5) is 27.9. The van der Waals surface area contributed by atoms with Crippen LogP contribution in [0.15, 0.2) is 54.9 Å². The molecule has 0 saturated carbocycles. The number of benzene rings is 2. The van der Waals surface area contributed by atoms with Crippen LogP contribution in [0.1, 0.15) is 32.8 Å². The highest BCUT2D eigenvalue weighted by Crippen LogP contribution is 2.18. The monoisotopic (exact) mass is 466 g/mol. The Morgan fingerprint density at radius 1 is 1.12 bits per heavy atom. The first-order valence-corrected chi connectivity index (χ1v) is 11.5. The summed E-state index contributed by atoms with van der Waals surface area (Å²) in [6.07, 6.45) is 2.51. The lowest BCUT2D eigenvalue weighted by molar-refractivity contribution is -0.159. The van der Waals surface area contributed by atoms with Gasteiger partial charge in [-0.2, -0.15) is 0 Å². The van der Waals surface area contributed by atoms with E-state index < -0.39 is 11.5 Å². The molecule has 0 aliphatic heterocycles. The van der Waals surface area contributed by atoms with E-state index in [2.05, 4.69) is 20.9 Å². The molecule has 2 aromatic carbocycles. The van der Waals surface area contributed by atoms with Crippen LogP contribution in [0.5, 0.6) is 5.75 Å². The quantitative estimate of drug-likeness (QED) is 0.314. The highest BCUT2D eigenvalue weighted by molar-refractivity contribution is 5.77. The van der Waals surface area contributed by atoms with Gasteiger partial charge in [-0.3, -0.25) is 9.59 Å². The number of aromatic nitrogens is 2. The van der Waals surface area contributed by atoms with Gasteiger partial charge in [-0.1, -0.05) is 24.3 Å². The maximum Gasteiger partial charge on any atom is 0.311 e. The smallest absolute Gasteiger partial charge is 0.311 e. The van der Waals surface area contributed by atoms with Crippen molar-refractivity contribution >= 4 is 22.9 Å². The number of imidazole rings is 1. The highest BCUT2D eigenvalue weighted by Gasteiger charge is 2.26. The fourth-order valence-electron chi connectivity index (χ4n) is 3.38. The van der Waals surface area contributed by atoms with Crippen LogP contribution in [-0.2, 0) is 27.3 Å². The van der Waals surface area contributed by atoms with Gasteiger partial charge in [-0.15, -0.1) is 0 Å². The van der Waals surface area contributed by atoms with Crippen molar-refractivity contribution in [1.29, 1.82) is 0 Å². The van der Waals surface area contributed by atoms with Crippen LogP contribution < -0.4 is 15.8 Å². The molecule has 0 radical (unpaired) electrons. The molecule has 1 heterocycles. The normalized spacial score (nSPS) is 12.4. The van der Waals surface area contributed by atoms with E-state index in [0.717, 1.165) is 36.1 Å². The van der Waals surface area contributed by atoms with Gasteiger partial charge in [0, 0.05) is 13.1 Å². The number of hydrogen-bond acceptors (Lipinski definition) is 6. The molecule has 182 valence electrons. The maximum atomic E-state index is 12.4. The highest BCUT2D eigenvalue weighted by atomic mass is 16.6. The van der Waals surface area contributed by atoms with E-state index in [0.29, 0.717) is 12.3 Å². The molecule has 0 bridgehead atoms. The van der Waals surface area contributed by atoms with Crippen LogP contribution >= 0.6 is 0 Å². The first kappa shape index (κ1) is 25.2. The van der Waals surface area contributed by atoms with Crippen molar-refractivity contribution in [3.05, 3.63) is 60.4 Å². The summed E-state index contributed by atoms with van der Waals surface area (Å²) in [5, 5.41) is 3.38. The number of amides is 1. The molecule has 0 aliphatic rings. The van der Waals surface area contributed by atoms with E-state index in [1.165, 1.54) is 0 Å². The Morgan fingerprint density at radius 3 is 2.56 bits per heavy atom. The molecule has 3 rings (SSSR count). The largest absolute Gasteiger partial charge is 0.490 e. The van der Waals surface area contributed by atoms with E-state index in [9.17, 15) is 9.59 Å². The van der Waals surface area contributed by atoms with Gasteiger partial charge in [0.25, 0.3) is 0 Å². The minimum Gasteiger partial charge on any atom is -0.490 e. The Balaban J connectivity index is 1.49. The molecule has 0 spiro atoms. The van der Waals surface area contributed by atoms with Crippen LogP contribution in [0.2, 0.25) is 0 Å². The molecule has 8 heteroatoms. The van der Waals surface area contributed by atoms with Crippen molar-refractivity contribution in [3.8, 4) is 5.75 Å². The molecule has 3 N–H and O–H groups in total. The van der Waals surface area contributed by atoms with Crippen molar-refractivity contribution in [1.82, 2.24) is 14.9 Å². The number of rotatable bonds is 12. The molecular formula is C26H34N4O4. The van der Waals surface area contributed by atoms with Crippen LogP contribution in [-0.4, -0.2) is 47.2 Å².